The number of nitrogens with zero attached hydrogens (tertiary/aromatic N) is 4. The van der Waals surface area contributed by atoms with Crippen LogP contribution in [0.15, 0.2) is 195 Å². The molecule has 61 heavy (non-hydrogen) atoms. The number of fused-ring (bicyclic) bond motifs is 10. The Kier molecular flexibility index (Phi) is 7.69. The van der Waals surface area contributed by atoms with Crippen LogP contribution in [-0.4, -0.2) is 19.1 Å². The molecule has 0 saturated heterocycles. The van der Waals surface area contributed by atoms with Gasteiger partial charge < -0.3 is 4.57 Å². The molecular formula is C57H40N4. The predicted octanol–water partition coefficient (Wildman–Crippen LogP) is 14.5. The van der Waals surface area contributed by atoms with Crippen molar-refractivity contribution in [3.63, 3.8) is 0 Å². The van der Waals surface area contributed by atoms with E-state index in [9.17, 15) is 0 Å². The highest BCUT2D eigenvalue weighted by Gasteiger charge is 2.35. The Labute approximate surface area is 354 Å². The van der Waals surface area contributed by atoms with E-state index in [-0.39, 0.29) is 5.41 Å². The van der Waals surface area contributed by atoms with Crippen LogP contribution in [0.1, 0.15) is 36.2 Å². The third-order valence-corrected chi connectivity index (χ3v) is 12.9. The lowest BCUT2D eigenvalue weighted by molar-refractivity contribution is 0.660. The molecule has 0 aliphatic heterocycles. The van der Waals surface area contributed by atoms with Crippen molar-refractivity contribution in [2.75, 3.05) is 0 Å². The third-order valence-electron chi connectivity index (χ3n) is 12.9. The summed E-state index contributed by atoms with van der Waals surface area (Å²) in [6.45, 7) is 9.06. The second-order valence-electron chi connectivity index (χ2n) is 16.6. The molecule has 3 heterocycles. The monoisotopic (exact) mass is 780 g/mol. The van der Waals surface area contributed by atoms with Crippen LogP contribution in [0.2, 0.25) is 0 Å². The lowest BCUT2D eigenvalue weighted by atomic mass is 9.82. The number of hydrogen-bond donors (Lipinski definition) is 0. The van der Waals surface area contributed by atoms with Gasteiger partial charge in [-0.15, -0.1) is 0 Å². The molecule has 1 aliphatic rings. The normalized spacial score (nSPS) is 13.4. The van der Waals surface area contributed by atoms with Gasteiger partial charge in [0.25, 0.3) is 0 Å². The van der Waals surface area contributed by atoms with E-state index in [2.05, 4.69) is 218 Å². The average Bonchev–Trinajstić information content (AvgIpc) is 3.93. The van der Waals surface area contributed by atoms with Crippen LogP contribution in [0, 0.1) is 0 Å². The highest BCUT2D eigenvalue weighted by Crippen LogP contribution is 2.50. The molecule has 8 aromatic carbocycles. The van der Waals surface area contributed by atoms with E-state index < -0.39 is 0 Å². The molecule has 12 rings (SSSR count). The van der Waals surface area contributed by atoms with Crippen molar-refractivity contribution in [2.24, 2.45) is 0 Å². The number of rotatable bonds is 6. The Bertz CT molecular complexity index is 3640. The van der Waals surface area contributed by atoms with E-state index in [0.717, 1.165) is 82.8 Å². The van der Waals surface area contributed by atoms with Crippen molar-refractivity contribution in [1.82, 2.24) is 19.1 Å². The van der Waals surface area contributed by atoms with Gasteiger partial charge in [0.2, 0.25) is 5.95 Å². The molecule has 288 valence electrons. The highest BCUT2D eigenvalue weighted by atomic mass is 15.2. The van der Waals surface area contributed by atoms with Crippen LogP contribution in [0.5, 0.6) is 0 Å². The average molecular weight is 781 g/mol. The lowest BCUT2D eigenvalue weighted by Crippen LogP contribution is -2.15. The summed E-state index contributed by atoms with van der Waals surface area (Å²) < 4.78 is 4.62. The van der Waals surface area contributed by atoms with E-state index in [1.54, 1.807) is 0 Å². The molecule has 4 nitrogen and oxygen atoms in total. The second kappa shape index (κ2) is 13.4. The standard InChI is InChI=1S/C57H40N4/c1-4-36(32-40-33-37-18-8-16-28-52(37)60(40)39-19-6-5-7-20-39)47-35-48-44-23-13-17-29-53(44)61(55(48)45-24-10-9-21-41(45)47)56-58-51-27-15-12-25-46(51)54(59-56)38-30-31-43-42-22-11-14-26-49(42)57(2,3)50(43)34-38/h4-35H,1H2,2-3H3/b36-32+. The molecule has 3 aromatic heterocycles. The van der Waals surface area contributed by atoms with E-state index in [4.69, 9.17) is 9.97 Å². The molecule has 0 atom stereocenters. The van der Waals surface area contributed by atoms with Gasteiger partial charge in [0, 0.05) is 49.3 Å². The summed E-state index contributed by atoms with van der Waals surface area (Å²) in [7, 11) is 0. The summed E-state index contributed by atoms with van der Waals surface area (Å²) in [5, 5.41) is 6.75. The van der Waals surface area contributed by atoms with Gasteiger partial charge in [-0.25, -0.2) is 9.97 Å². The van der Waals surface area contributed by atoms with E-state index in [1.165, 1.54) is 27.6 Å². The largest absolute Gasteiger partial charge is 0.310 e. The first-order valence-electron chi connectivity index (χ1n) is 21.0. The van der Waals surface area contributed by atoms with Gasteiger partial charge in [0.1, 0.15) is 0 Å². The number of aromatic nitrogens is 4. The fourth-order valence-corrected chi connectivity index (χ4v) is 10.1. The SMILES string of the molecule is C=C/C(=C\c1cc2ccccc2n1-c1ccccc1)c1cc2c3ccccc3n(-c3nc(-c4ccc5c(c4)C(C)(C)c4ccccc4-5)c4ccccc4n3)c2c2ccccc12. The van der Waals surface area contributed by atoms with Gasteiger partial charge >= 0.3 is 0 Å². The zero-order valence-corrected chi connectivity index (χ0v) is 34.0. The Morgan fingerprint density at radius 1 is 0.541 bits per heavy atom. The van der Waals surface area contributed by atoms with Crippen LogP contribution in [0.4, 0.5) is 0 Å². The van der Waals surface area contributed by atoms with Crippen LogP contribution < -0.4 is 0 Å². The molecule has 4 heteroatoms. The van der Waals surface area contributed by atoms with Crippen molar-refractivity contribution in [3.8, 4) is 34.0 Å². The van der Waals surface area contributed by atoms with E-state index in [0.29, 0.717) is 5.95 Å². The molecule has 0 N–H and O–H groups in total. The smallest absolute Gasteiger partial charge is 0.235 e. The third kappa shape index (κ3) is 5.25. The Morgan fingerprint density at radius 2 is 1.21 bits per heavy atom. The minimum absolute atomic E-state index is 0.131. The quantitative estimate of drug-likeness (QED) is 0.158. The number of benzene rings is 8. The van der Waals surface area contributed by atoms with Gasteiger partial charge in [-0.3, -0.25) is 4.57 Å². The van der Waals surface area contributed by atoms with Gasteiger partial charge in [-0.05, 0) is 93.4 Å². The minimum Gasteiger partial charge on any atom is -0.310 e. The fraction of sp³-hybridized carbons (Fsp3) is 0.0526. The van der Waals surface area contributed by atoms with Crippen molar-refractivity contribution in [3.05, 3.63) is 217 Å². The van der Waals surface area contributed by atoms with E-state index >= 15 is 0 Å². The van der Waals surface area contributed by atoms with Crippen LogP contribution in [0.25, 0.3) is 100 Å². The molecule has 0 amide bonds. The second-order valence-corrected chi connectivity index (χ2v) is 16.6. The first-order valence-corrected chi connectivity index (χ1v) is 21.0. The summed E-state index contributed by atoms with van der Waals surface area (Å²) >= 11 is 0. The van der Waals surface area contributed by atoms with Crippen molar-refractivity contribution < 1.29 is 0 Å². The molecule has 0 spiro atoms. The first kappa shape index (κ1) is 35.2. The molecular weight excluding hydrogens is 741 g/mol. The lowest BCUT2D eigenvalue weighted by Gasteiger charge is -2.22. The molecule has 0 radical (unpaired) electrons. The van der Waals surface area contributed by atoms with Gasteiger partial charge in [-0.1, -0.05) is 160 Å². The van der Waals surface area contributed by atoms with Crippen LogP contribution >= 0.6 is 0 Å². The zero-order chi connectivity index (χ0) is 40.8. The molecule has 1 aliphatic carbocycles. The summed E-state index contributed by atoms with van der Waals surface area (Å²) in [6, 6.07) is 65.3. The maximum Gasteiger partial charge on any atom is 0.235 e. The van der Waals surface area contributed by atoms with Gasteiger partial charge in [0.15, 0.2) is 0 Å². The van der Waals surface area contributed by atoms with Crippen molar-refractivity contribution >= 4 is 66.0 Å². The summed E-state index contributed by atoms with van der Waals surface area (Å²) in [5.41, 5.74) is 15.7. The number of hydrogen-bond acceptors (Lipinski definition) is 2. The maximum atomic E-state index is 5.55. The Hall–Kier alpha value is -7.82. The van der Waals surface area contributed by atoms with Crippen molar-refractivity contribution in [2.45, 2.75) is 19.3 Å². The maximum absolute atomic E-state index is 5.55. The first-order chi connectivity index (χ1) is 30.0. The summed E-state index contributed by atoms with van der Waals surface area (Å²) in [4.78, 5) is 10.9. The molecule has 0 bridgehead atoms. The van der Waals surface area contributed by atoms with Crippen LogP contribution in [-0.2, 0) is 5.41 Å². The Balaban J connectivity index is 1.10. The molecule has 0 unspecified atom stereocenters. The van der Waals surface area contributed by atoms with Gasteiger partial charge in [-0.2, -0.15) is 0 Å². The summed E-state index contributed by atoms with van der Waals surface area (Å²) in [5.74, 6) is 0.646. The molecule has 0 saturated carbocycles. The predicted molar refractivity (Wildman–Crippen MR) is 256 cm³/mol. The number of para-hydroxylation sites is 4. The molecule has 11 aromatic rings. The molecule has 0 fully saturated rings. The fourth-order valence-electron chi connectivity index (χ4n) is 10.1. The Morgan fingerprint density at radius 3 is 2.05 bits per heavy atom. The minimum atomic E-state index is -0.131. The van der Waals surface area contributed by atoms with Crippen molar-refractivity contribution in [1.29, 1.82) is 0 Å². The van der Waals surface area contributed by atoms with E-state index in [1.807, 2.05) is 6.08 Å². The number of allylic oxidation sites excluding steroid dienone is 2. The highest BCUT2D eigenvalue weighted by molar-refractivity contribution is 6.21. The van der Waals surface area contributed by atoms with Crippen LogP contribution in [0.3, 0.4) is 0 Å². The zero-order valence-electron chi connectivity index (χ0n) is 34.0. The van der Waals surface area contributed by atoms with Gasteiger partial charge in [0.05, 0.1) is 27.8 Å². The summed E-state index contributed by atoms with van der Waals surface area (Å²) in [6.07, 6.45) is 4.27. The topological polar surface area (TPSA) is 35.6 Å².